The number of aryl methyl sites for hydroxylation is 1. The first kappa shape index (κ1) is 9.77. The average Bonchev–Trinajstić information content (AvgIpc) is 2.57. The molecule has 0 saturated carbocycles. The minimum atomic E-state index is -0.131. The van der Waals surface area contributed by atoms with Crippen molar-refractivity contribution in [2.24, 2.45) is 0 Å². The van der Waals surface area contributed by atoms with Crippen molar-refractivity contribution in [3.63, 3.8) is 0 Å². The normalized spacial score (nSPS) is 9.92. The van der Waals surface area contributed by atoms with Crippen LogP contribution in [0.25, 0.3) is 0 Å². The van der Waals surface area contributed by atoms with Gasteiger partial charge in [0.1, 0.15) is 5.82 Å². The molecular weight excluding hydrogens is 168 g/mol. The Morgan fingerprint density at radius 3 is 3.15 bits per heavy atom. The van der Waals surface area contributed by atoms with Gasteiger partial charge in [-0.2, -0.15) is 0 Å². The summed E-state index contributed by atoms with van der Waals surface area (Å²) in [4.78, 5) is 17.9. The molecule has 1 aromatic rings. The van der Waals surface area contributed by atoms with Crippen LogP contribution in [-0.4, -0.2) is 22.5 Å². The van der Waals surface area contributed by atoms with Gasteiger partial charge in [0.2, 0.25) is 0 Å². The highest BCUT2D eigenvalue weighted by molar-refractivity contribution is 5.69. The molecule has 1 aromatic heterocycles. The molecule has 0 aliphatic heterocycles. The van der Waals surface area contributed by atoms with Crippen molar-refractivity contribution >= 4 is 5.97 Å². The smallest absolute Gasteiger partial charge is 0.305 e. The van der Waals surface area contributed by atoms with Crippen LogP contribution in [0.15, 0.2) is 12.4 Å². The van der Waals surface area contributed by atoms with Crippen molar-refractivity contribution in [2.45, 2.75) is 26.2 Å². The Kier molecular flexibility index (Phi) is 4.02. The molecule has 0 atom stereocenters. The SMILES string of the molecule is CCOC(=O)CCCc1ncc[nH]1. The first-order valence-corrected chi connectivity index (χ1v) is 4.46. The molecule has 72 valence electrons. The number of ether oxygens (including phenoxy) is 1. The van der Waals surface area contributed by atoms with E-state index in [9.17, 15) is 4.79 Å². The van der Waals surface area contributed by atoms with Crippen LogP contribution in [0.1, 0.15) is 25.6 Å². The highest BCUT2D eigenvalue weighted by atomic mass is 16.5. The van der Waals surface area contributed by atoms with Gasteiger partial charge in [-0.15, -0.1) is 0 Å². The maximum atomic E-state index is 10.9. The lowest BCUT2D eigenvalue weighted by molar-refractivity contribution is -0.143. The standard InChI is InChI=1S/C9H14N2O2/c1-2-13-9(12)5-3-4-8-10-6-7-11-8/h6-7H,2-5H2,1H3,(H,10,11). The van der Waals surface area contributed by atoms with Crippen LogP contribution in [0.4, 0.5) is 0 Å². The monoisotopic (exact) mass is 182 g/mol. The van der Waals surface area contributed by atoms with Gasteiger partial charge in [0, 0.05) is 25.2 Å². The van der Waals surface area contributed by atoms with Crippen LogP contribution >= 0.6 is 0 Å². The van der Waals surface area contributed by atoms with E-state index in [0.29, 0.717) is 13.0 Å². The van der Waals surface area contributed by atoms with Crippen LogP contribution in [-0.2, 0) is 16.0 Å². The van der Waals surface area contributed by atoms with Gasteiger partial charge in [0.05, 0.1) is 6.61 Å². The number of aromatic nitrogens is 2. The zero-order valence-corrected chi connectivity index (χ0v) is 7.75. The molecule has 0 spiro atoms. The van der Waals surface area contributed by atoms with E-state index in [0.717, 1.165) is 18.7 Å². The van der Waals surface area contributed by atoms with E-state index in [1.807, 2.05) is 6.92 Å². The van der Waals surface area contributed by atoms with E-state index in [1.54, 1.807) is 12.4 Å². The summed E-state index contributed by atoms with van der Waals surface area (Å²) in [6.45, 7) is 2.27. The lowest BCUT2D eigenvalue weighted by atomic mass is 10.2. The number of esters is 1. The lowest BCUT2D eigenvalue weighted by Gasteiger charge is -1.99. The third kappa shape index (κ3) is 3.73. The second-order valence-electron chi connectivity index (χ2n) is 2.69. The molecule has 1 heterocycles. The summed E-state index contributed by atoms with van der Waals surface area (Å²) >= 11 is 0. The number of imidazole rings is 1. The van der Waals surface area contributed by atoms with Gasteiger partial charge in [-0.05, 0) is 13.3 Å². The molecule has 0 radical (unpaired) electrons. The Morgan fingerprint density at radius 1 is 1.69 bits per heavy atom. The number of carbonyl (C=O) groups excluding carboxylic acids is 1. The summed E-state index contributed by atoms with van der Waals surface area (Å²) in [5.74, 6) is 0.790. The van der Waals surface area contributed by atoms with E-state index in [1.165, 1.54) is 0 Å². The second kappa shape index (κ2) is 5.35. The largest absolute Gasteiger partial charge is 0.466 e. The average molecular weight is 182 g/mol. The predicted molar refractivity (Wildman–Crippen MR) is 48.2 cm³/mol. The Bertz CT molecular complexity index is 244. The molecule has 4 heteroatoms. The van der Waals surface area contributed by atoms with E-state index in [-0.39, 0.29) is 5.97 Å². The highest BCUT2D eigenvalue weighted by Gasteiger charge is 2.01. The van der Waals surface area contributed by atoms with Crippen molar-refractivity contribution < 1.29 is 9.53 Å². The van der Waals surface area contributed by atoms with Crippen molar-refractivity contribution in [3.8, 4) is 0 Å². The van der Waals surface area contributed by atoms with Crippen molar-refractivity contribution in [1.29, 1.82) is 0 Å². The Hall–Kier alpha value is -1.32. The molecule has 0 fully saturated rings. The van der Waals surface area contributed by atoms with Crippen LogP contribution in [0.5, 0.6) is 0 Å². The summed E-state index contributed by atoms with van der Waals surface area (Å²) in [5, 5.41) is 0. The maximum absolute atomic E-state index is 10.9. The summed E-state index contributed by atoms with van der Waals surface area (Å²) in [5.41, 5.74) is 0. The fourth-order valence-corrected chi connectivity index (χ4v) is 1.07. The fraction of sp³-hybridized carbons (Fsp3) is 0.556. The topological polar surface area (TPSA) is 55.0 Å². The molecule has 0 bridgehead atoms. The van der Waals surface area contributed by atoms with Gasteiger partial charge < -0.3 is 9.72 Å². The van der Waals surface area contributed by atoms with Crippen LogP contribution in [0.3, 0.4) is 0 Å². The molecule has 0 saturated heterocycles. The predicted octanol–water partition coefficient (Wildman–Crippen LogP) is 1.30. The van der Waals surface area contributed by atoms with Gasteiger partial charge in [0.25, 0.3) is 0 Å². The Balaban J connectivity index is 2.11. The van der Waals surface area contributed by atoms with Crippen molar-refractivity contribution in [2.75, 3.05) is 6.61 Å². The molecule has 4 nitrogen and oxygen atoms in total. The first-order valence-electron chi connectivity index (χ1n) is 4.46. The minimum Gasteiger partial charge on any atom is -0.466 e. The Morgan fingerprint density at radius 2 is 2.54 bits per heavy atom. The second-order valence-corrected chi connectivity index (χ2v) is 2.69. The van der Waals surface area contributed by atoms with Gasteiger partial charge in [-0.25, -0.2) is 4.98 Å². The van der Waals surface area contributed by atoms with Gasteiger partial charge in [-0.1, -0.05) is 0 Å². The number of aromatic amines is 1. The fourth-order valence-electron chi connectivity index (χ4n) is 1.07. The Labute approximate surface area is 77.3 Å². The lowest BCUT2D eigenvalue weighted by Crippen LogP contribution is -2.04. The molecule has 0 aliphatic carbocycles. The maximum Gasteiger partial charge on any atom is 0.305 e. The molecule has 0 aliphatic rings. The van der Waals surface area contributed by atoms with Crippen molar-refractivity contribution in [3.05, 3.63) is 18.2 Å². The first-order chi connectivity index (χ1) is 6.33. The van der Waals surface area contributed by atoms with Crippen LogP contribution in [0, 0.1) is 0 Å². The summed E-state index contributed by atoms with van der Waals surface area (Å²) in [7, 11) is 0. The van der Waals surface area contributed by atoms with E-state index < -0.39 is 0 Å². The molecule has 0 aromatic carbocycles. The minimum absolute atomic E-state index is 0.131. The van der Waals surface area contributed by atoms with E-state index >= 15 is 0 Å². The van der Waals surface area contributed by atoms with Gasteiger partial charge >= 0.3 is 5.97 Å². The van der Waals surface area contributed by atoms with E-state index in [2.05, 4.69) is 9.97 Å². The number of hydrogen-bond donors (Lipinski definition) is 1. The molecule has 0 amide bonds. The molecule has 0 unspecified atom stereocenters. The number of nitrogens with zero attached hydrogens (tertiary/aromatic N) is 1. The third-order valence-electron chi connectivity index (χ3n) is 1.65. The van der Waals surface area contributed by atoms with Crippen molar-refractivity contribution in [1.82, 2.24) is 9.97 Å². The highest BCUT2D eigenvalue weighted by Crippen LogP contribution is 1.99. The van der Waals surface area contributed by atoms with Crippen LogP contribution < -0.4 is 0 Å². The molecule has 13 heavy (non-hydrogen) atoms. The van der Waals surface area contributed by atoms with Gasteiger partial charge in [-0.3, -0.25) is 4.79 Å². The van der Waals surface area contributed by atoms with E-state index in [4.69, 9.17) is 4.74 Å². The molecule has 1 rings (SSSR count). The molecular formula is C9H14N2O2. The quantitative estimate of drug-likeness (QED) is 0.698. The van der Waals surface area contributed by atoms with Crippen LogP contribution in [0.2, 0.25) is 0 Å². The number of H-pyrrole nitrogens is 1. The number of hydrogen-bond acceptors (Lipinski definition) is 3. The summed E-state index contributed by atoms with van der Waals surface area (Å²) in [6, 6.07) is 0. The number of rotatable bonds is 5. The number of carbonyl (C=O) groups is 1. The molecule has 1 N–H and O–H groups in total. The zero-order valence-electron chi connectivity index (χ0n) is 7.75. The van der Waals surface area contributed by atoms with Gasteiger partial charge in [0.15, 0.2) is 0 Å². The zero-order chi connectivity index (χ0) is 9.52. The summed E-state index contributed by atoms with van der Waals surface area (Å²) < 4.78 is 4.79. The third-order valence-corrected chi connectivity index (χ3v) is 1.65. The number of nitrogens with one attached hydrogen (secondary N) is 1. The summed E-state index contributed by atoms with van der Waals surface area (Å²) in [6.07, 6.45) is 5.53.